The zero-order valence-electron chi connectivity index (χ0n) is 9.78. The van der Waals surface area contributed by atoms with Crippen molar-refractivity contribution >= 4 is 17.5 Å². The van der Waals surface area contributed by atoms with Gasteiger partial charge in [-0.25, -0.2) is 0 Å². The maximum atomic E-state index is 12.0. The fourth-order valence-electron chi connectivity index (χ4n) is 1.85. The molecule has 0 fully saturated rings. The predicted octanol–water partition coefficient (Wildman–Crippen LogP) is 3.49. The molecule has 2 nitrogen and oxygen atoms in total. The molecule has 1 unspecified atom stereocenters. The van der Waals surface area contributed by atoms with Crippen LogP contribution in [0.1, 0.15) is 37.6 Å². The molecule has 1 heterocycles. The van der Waals surface area contributed by atoms with Crippen molar-refractivity contribution in [1.29, 1.82) is 0 Å². The molecule has 0 spiro atoms. The third-order valence-electron chi connectivity index (χ3n) is 3.34. The Kier molecular flexibility index (Phi) is 2.74. The van der Waals surface area contributed by atoms with Crippen LogP contribution < -0.4 is 0 Å². The number of rotatable bonds is 1. The van der Waals surface area contributed by atoms with E-state index < -0.39 is 0 Å². The van der Waals surface area contributed by atoms with Crippen LogP contribution in [0.5, 0.6) is 5.75 Å². The van der Waals surface area contributed by atoms with Crippen molar-refractivity contribution in [2.24, 2.45) is 5.92 Å². The molecule has 0 saturated carbocycles. The molecule has 1 aromatic carbocycles. The molecule has 1 atom stereocenters. The summed E-state index contributed by atoms with van der Waals surface area (Å²) >= 11 is 1.70. The number of phenols is 1. The smallest absolute Gasteiger partial charge is 0.165 e. The second kappa shape index (κ2) is 3.81. The summed E-state index contributed by atoms with van der Waals surface area (Å²) in [6.45, 7) is 6.38. The first-order valence-electron chi connectivity index (χ1n) is 5.47. The van der Waals surface area contributed by atoms with Crippen LogP contribution in [-0.2, 0) is 0 Å². The number of thioether (sulfide) groups is 1. The van der Waals surface area contributed by atoms with Crippen LogP contribution in [0, 0.1) is 5.92 Å². The largest absolute Gasteiger partial charge is 0.508 e. The van der Waals surface area contributed by atoms with Gasteiger partial charge in [-0.15, -0.1) is 11.8 Å². The highest BCUT2D eigenvalue weighted by Gasteiger charge is 2.37. The lowest BCUT2D eigenvalue weighted by Crippen LogP contribution is -2.33. The maximum Gasteiger partial charge on any atom is 0.165 e. The Balaban J connectivity index is 2.46. The Morgan fingerprint density at radius 3 is 2.75 bits per heavy atom. The molecule has 2 rings (SSSR count). The first-order valence-corrected chi connectivity index (χ1v) is 6.29. The van der Waals surface area contributed by atoms with Crippen LogP contribution >= 0.6 is 11.8 Å². The maximum absolute atomic E-state index is 12.0. The summed E-state index contributed by atoms with van der Waals surface area (Å²) < 4.78 is -0.0577. The molecule has 86 valence electrons. The van der Waals surface area contributed by atoms with Crippen LogP contribution in [0.4, 0.5) is 0 Å². The van der Waals surface area contributed by atoms with Gasteiger partial charge in [-0.3, -0.25) is 4.79 Å². The molecule has 0 aliphatic carbocycles. The Morgan fingerprint density at radius 1 is 1.44 bits per heavy atom. The Labute approximate surface area is 100 Å². The highest BCUT2D eigenvalue weighted by atomic mass is 32.2. The Morgan fingerprint density at radius 2 is 2.12 bits per heavy atom. The third kappa shape index (κ3) is 1.84. The molecular formula is C13H16O2S. The van der Waals surface area contributed by atoms with Crippen molar-refractivity contribution < 1.29 is 9.90 Å². The zero-order chi connectivity index (χ0) is 11.9. The van der Waals surface area contributed by atoms with Gasteiger partial charge in [0, 0.05) is 21.6 Å². The van der Waals surface area contributed by atoms with Crippen LogP contribution in [0.25, 0.3) is 0 Å². The Hall–Kier alpha value is -0.960. The minimum Gasteiger partial charge on any atom is -0.508 e. The number of carbonyl (C=O) groups excluding carboxylic acids is 1. The average molecular weight is 236 g/mol. The van der Waals surface area contributed by atoms with Gasteiger partial charge in [-0.2, -0.15) is 0 Å². The fraction of sp³-hybridized carbons (Fsp3) is 0.462. The van der Waals surface area contributed by atoms with E-state index in [0.29, 0.717) is 12.3 Å². The summed E-state index contributed by atoms with van der Waals surface area (Å²) in [5.74, 6) is 0.842. The van der Waals surface area contributed by atoms with Crippen LogP contribution in [0.15, 0.2) is 23.1 Å². The second-order valence-electron chi connectivity index (χ2n) is 4.85. The number of hydrogen-bond donors (Lipinski definition) is 1. The van der Waals surface area contributed by atoms with Gasteiger partial charge in [0.05, 0.1) is 0 Å². The van der Waals surface area contributed by atoms with Gasteiger partial charge in [0.2, 0.25) is 0 Å². The van der Waals surface area contributed by atoms with Crippen molar-refractivity contribution in [2.75, 3.05) is 0 Å². The SMILES string of the molecule is CC(C)C1(C)CC(=O)c2ccc(O)cc2S1. The second-order valence-corrected chi connectivity index (χ2v) is 6.43. The zero-order valence-corrected chi connectivity index (χ0v) is 10.6. The van der Waals surface area contributed by atoms with Crippen molar-refractivity contribution in [3.63, 3.8) is 0 Å². The van der Waals surface area contributed by atoms with E-state index in [2.05, 4.69) is 20.8 Å². The van der Waals surface area contributed by atoms with E-state index in [0.717, 1.165) is 10.5 Å². The predicted molar refractivity (Wildman–Crippen MR) is 66.2 cm³/mol. The number of carbonyl (C=O) groups is 1. The highest BCUT2D eigenvalue weighted by Crippen LogP contribution is 2.47. The molecule has 1 aliphatic rings. The average Bonchev–Trinajstić information content (AvgIpc) is 2.16. The van der Waals surface area contributed by atoms with E-state index >= 15 is 0 Å². The van der Waals surface area contributed by atoms with Crippen LogP contribution in [0.3, 0.4) is 0 Å². The molecule has 0 bridgehead atoms. The van der Waals surface area contributed by atoms with E-state index in [1.54, 1.807) is 30.0 Å². The number of Topliss-reactive ketones (excluding diaryl/α,β-unsaturated/α-hetero) is 1. The van der Waals surface area contributed by atoms with Crippen molar-refractivity contribution in [1.82, 2.24) is 0 Å². The third-order valence-corrected chi connectivity index (χ3v) is 4.98. The fourth-order valence-corrected chi connectivity index (χ4v) is 3.26. The minimum absolute atomic E-state index is 0.0577. The summed E-state index contributed by atoms with van der Waals surface area (Å²) in [4.78, 5) is 12.9. The molecular weight excluding hydrogens is 220 g/mol. The summed E-state index contributed by atoms with van der Waals surface area (Å²) in [5.41, 5.74) is 0.751. The molecule has 0 aromatic heterocycles. The van der Waals surface area contributed by atoms with Crippen LogP contribution in [-0.4, -0.2) is 15.6 Å². The first-order chi connectivity index (χ1) is 7.42. The van der Waals surface area contributed by atoms with Crippen LogP contribution in [0.2, 0.25) is 0 Å². The summed E-state index contributed by atoms with van der Waals surface area (Å²) in [6.07, 6.45) is 0.576. The summed E-state index contributed by atoms with van der Waals surface area (Å²) in [7, 11) is 0. The molecule has 3 heteroatoms. The van der Waals surface area contributed by atoms with E-state index in [4.69, 9.17) is 0 Å². The molecule has 0 amide bonds. The number of fused-ring (bicyclic) bond motifs is 1. The van der Waals surface area contributed by atoms with Gasteiger partial charge >= 0.3 is 0 Å². The first kappa shape index (κ1) is 11.5. The van der Waals surface area contributed by atoms with Gasteiger partial charge in [-0.05, 0) is 31.0 Å². The van der Waals surface area contributed by atoms with Crippen molar-refractivity contribution in [3.05, 3.63) is 23.8 Å². The number of benzene rings is 1. The van der Waals surface area contributed by atoms with Gasteiger partial charge in [0.25, 0.3) is 0 Å². The lowest BCUT2D eigenvalue weighted by atomic mass is 9.89. The minimum atomic E-state index is -0.0577. The van der Waals surface area contributed by atoms with Gasteiger partial charge in [-0.1, -0.05) is 13.8 Å². The van der Waals surface area contributed by atoms with E-state index in [-0.39, 0.29) is 16.3 Å². The standard InChI is InChI=1S/C13H16O2S/c1-8(2)13(3)7-11(15)10-5-4-9(14)6-12(10)16-13/h4-6,8,14H,7H2,1-3H3. The number of ketones is 1. The number of hydrogen-bond acceptors (Lipinski definition) is 3. The number of aromatic hydroxyl groups is 1. The summed E-state index contributed by atoms with van der Waals surface area (Å²) in [6, 6.07) is 4.99. The van der Waals surface area contributed by atoms with E-state index in [9.17, 15) is 9.90 Å². The van der Waals surface area contributed by atoms with Crippen molar-refractivity contribution in [3.8, 4) is 5.75 Å². The van der Waals surface area contributed by atoms with Gasteiger partial charge < -0.3 is 5.11 Å². The molecule has 0 saturated heterocycles. The normalized spacial score (nSPS) is 24.6. The number of phenolic OH excluding ortho intramolecular Hbond substituents is 1. The summed E-state index contributed by atoms with van der Waals surface area (Å²) in [5, 5.41) is 9.46. The van der Waals surface area contributed by atoms with E-state index in [1.807, 2.05) is 0 Å². The quantitative estimate of drug-likeness (QED) is 0.811. The topological polar surface area (TPSA) is 37.3 Å². The molecule has 1 aliphatic heterocycles. The van der Waals surface area contributed by atoms with Gasteiger partial charge in [0.15, 0.2) is 5.78 Å². The monoisotopic (exact) mass is 236 g/mol. The lowest BCUT2D eigenvalue weighted by Gasteiger charge is -2.36. The lowest BCUT2D eigenvalue weighted by molar-refractivity contribution is 0.0956. The molecule has 1 N–H and O–H groups in total. The Bertz CT molecular complexity index is 440. The highest BCUT2D eigenvalue weighted by molar-refractivity contribution is 8.00. The molecule has 16 heavy (non-hydrogen) atoms. The molecule has 0 radical (unpaired) electrons. The van der Waals surface area contributed by atoms with Gasteiger partial charge in [0.1, 0.15) is 5.75 Å². The molecule has 1 aromatic rings. The van der Waals surface area contributed by atoms with E-state index in [1.165, 1.54) is 0 Å². The van der Waals surface area contributed by atoms with Crippen molar-refractivity contribution in [2.45, 2.75) is 36.8 Å².